The molecule has 0 aromatic carbocycles. The van der Waals surface area contributed by atoms with Crippen molar-refractivity contribution in [1.29, 1.82) is 0 Å². The van der Waals surface area contributed by atoms with E-state index in [1.54, 1.807) is 6.92 Å². The molecule has 0 bridgehead atoms. The fourth-order valence-corrected chi connectivity index (χ4v) is 3.32. The highest BCUT2D eigenvalue weighted by molar-refractivity contribution is 7.89. The summed E-state index contributed by atoms with van der Waals surface area (Å²) in [5.74, 6) is 2.11. The quantitative estimate of drug-likeness (QED) is 0.808. The molecule has 3 rings (SSSR count). The second-order valence-corrected chi connectivity index (χ2v) is 7.85. The van der Waals surface area contributed by atoms with Gasteiger partial charge in [0.05, 0.1) is 11.8 Å². The topological polar surface area (TPSA) is 88.3 Å². The lowest BCUT2D eigenvalue weighted by Crippen LogP contribution is -2.35. The molecule has 1 atom stereocenters. The van der Waals surface area contributed by atoms with Crippen LogP contribution in [-0.2, 0) is 10.0 Å². The largest absolute Gasteiger partial charge is 0.339 e. The van der Waals surface area contributed by atoms with Gasteiger partial charge in [-0.05, 0) is 39.2 Å². The third kappa shape index (κ3) is 3.61. The van der Waals surface area contributed by atoms with Gasteiger partial charge in [0.25, 0.3) is 0 Å². The Bertz CT molecular complexity index is 582. The predicted octanol–water partition coefficient (Wildman–Crippen LogP) is 1.02. The Balaban J connectivity index is 1.57. The Labute approximate surface area is 125 Å². The van der Waals surface area contributed by atoms with Crippen molar-refractivity contribution in [2.45, 2.75) is 44.6 Å². The van der Waals surface area contributed by atoms with Gasteiger partial charge in [-0.3, -0.25) is 4.90 Å². The molecule has 0 spiro atoms. The van der Waals surface area contributed by atoms with Gasteiger partial charge in [0.2, 0.25) is 15.9 Å². The molecule has 8 heteroatoms. The summed E-state index contributed by atoms with van der Waals surface area (Å²) in [6.07, 6.45) is 4.38. The van der Waals surface area contributed by atoms with Crippen molar-refractivity contribution in [3.8, 4) is 0 Å². The van der Waals surface area contributed by atoms with Gasteiger partial charge in [0.1, 0.15) is 0 Å². The number of rotatable bonds is 7. The second kappa shape index (κ2) is 6.02. The van der Waals surface area contributed by atoms with Crippen LogP contribution in [0, 0.1) is 0 Å². The lowest BCUT2D eigenvalue weighted by molar-refractivity contribution is 0.246. The zero-order valence-corrected chi connectivity index (χ0v) is 13.1. The van der Waals surface area contributed by atoms with E-state index >= 15 is 0 Å². The SMILES string of the molecule is CCS(=O)(=O)NCCN1CCC[C@H]1c1noc(C2CC2)n1. The van der Waals surface area contributed by atoms with Crippen molar-refractivity contribution in [2.75, 3.05) is 25.4 Å². The average molecular weight is 314 g/mol. The van der Waals surface area contributed by atoms with Crippen molar-refractivity contribution in [3.05, 3.63) is 11.7 Å². The summed E-state index contributed by atoms with van der Waals surface area (Å²) >= 11 is 0. The summed E-state index contributed by atoms with van der Waals surface area (Å²) in [7, 11) is -3.12. The molecular weight excluding hydrogens is 292 g/mol. The minimum Gasteiger partial charge on any atom is -0.339 e. The standard InChI is InChI=1S/C13H22N4O3S/c1-2-21(18,19)14-7-9-17-8-3-4-11(17)12-15-13(20-16-12)10-5-6-10/h10-11,14H,2-9H2,1H3/t11-/m0/s1. The number of likely N-dealkylation sites (tertiary alicyclic amines) is 1. The lowest BCUT2D eigenvalue weighted by Gasteiger charge is -2.21. The van der Waals surface area contributed by atoms with Crippen molar-refractivity contribution in [1.82, 2.24) is 19.8 Å². The maximum Gasteiger partial charge on any atom is 0.229 e. The van der Waals surface area contributed by atoms with E-state index in [1.807, 2.05) is 0 Å². The van der Waals surface area contributed by atoms with Gasteiger partial charge >= 0.3 is 0 Å². The zero-order valence-electron chi connectivity index (χ0n) is 12.3. The van der Waals surface area contributed by atoms with Crippen molar-refractivity contribution in [3.63, 3.8) is 0 Å². The van der Waals surface area contributed by atoms with Gasteiger partial charge in [0.15, 0.2) is 5.82 Å². The number of nitrogens with one attached hydrogen (secondary N) is 1. The van der Waals surface area contributed by atoms with E-state index in [4.69, 9.17) is 4.52 Å². The maximum atomic E-state index is 11.4. The smallest absolute Gasteiger partial charge is 0.229 e. The second-order valence-electron chi connectivity index (χ2n) is 5.76. The van der Waals surface area contributed by atoms with Crippen LogP contribution >= 0.6 is 0 Å². The van der Waals surface area contributed by atoms with E-state index in [2.05, 4.69) is 19.8 Å². The Kier molecular flexibility index (Phi) is 4.28. The molecule has 2 fully saturated rings. The zero-order chi connectivity index (χ0) is 14.9. The molecule has 1 N–H and O–H groups in total. The highest BCUT2D eigenvalue weighted by Gasteiger charge is 2.34. The molecule has 1 aromatic rings. The first-order valence-corrected chi connectivity index (χ1v) is 9.29. The molecule has 7 nitrogen and oxygen atoms in total. The van der Waals surface area contributed by atoms with Gasteiger partial charge in [0, 0.05) is 19.0 Å². The molecule has 0 amide bonds. The Morgan fingerprint density at radius 1 is 1.38 bits per heavy atom. The minimum atomic E-state index is -3.12. The van der Waals surface area contributed by atoms with Crippen molar-refractivity contribution < 1.29 is 12.9 Å². The van der Waals surface area contributed by atoms with Gasteiger partial charge in [-0.15, -0.1) is 0 Å². The number of hydrogen-bond donors (Lipinski definition) is 1. The third-order valence-corrected chi connectivity index (χ3v) is 5.55. The molecule has 21 heavy (non-hydrogen) atoms. The molecule has 1 aliphatic carbocycles. The van der Waals surface area contributed by atoms with Crippen LogP contribution in [0.1, 0.15) is 56.3 Å². The summed E-state index contributed by atoms with van der Waals surface area (Å²) in [6.45, 7) is 3.70. The van der Waals surface area contributed by atoms with Crippen LogP contribution < -0.4 is 4.72 Å². The molecule has 2 heterocycles. The summed E-state index contributed by atoms with van der Waals surface area (Å²) in [4.78, 5) is 6.76. The van der Waals surface area contributed by atoms with E-state index in [0.717, 1.165) is 43.9 Å². The molecule has 1 aliphatic heterocycles. The molecule has 1 aromatic heterocycles. The molecule has 1 saturated heterocycles. The highest BCUT2D eigenvalue weighted by atomic mass is 32.2. The van der Waals surface area contributed by atoms with Crippen LogP contribution in [0.2, 0.25) is 0 Å². The molecule has 0 unspecified atom stereocenters. The van der Waals surface area contributed by atoms with E-state index in [1.165, 1.54) is 0 Å². The molecule has 118 valence electrons. The average Bonchev–Trinajstić information content (AvgIpc) is 3.01. The van der Waals surface area contributed by atoms with Gasteiger partial charge in [-0.25, -0.2) is 13.1 Å². The predicted molar refractivity (Wildman–Crippen MR) is 77.3 cm³/mol. The van der Waals surface area contributed by atoms with Crippen LogP contribution in [0.5, 0.6) is 0 Å². The van der Waals surface area contributed by atoms with Gasteiger partial charge in [-0.2, -0.15) is 4.98 Å². The number of hydrogen-bond acceptors (Lipinski definition) is 6. The van der Waals surface area contributed by atoms with Gasteiger partial charge in [-0.1, -0.05) is 5.16 Å². The number of nitrogens with zero attached hydrogens (tertiary/aromatic N) is 3. The molecule has 2 aliphatic rings. The Hall–Kier alpha value is -0.990. The Morgan fingerprint density at radius 3 is 2.90 bits per heavy atom. The molecule has 1 saturated carbocycles. The fraction of sp³-hybridized carbons (Fsp3) is 0.846. The van der Waals surface area contributed by atoms with Crippen molar-refractivity contribution in [2.24, 2.45) is 0 Å². The monoisotopic (exact) mass is 314 g/mol. The third-order valence-electron chi connectivity index (χ3n) is 4.15. The van der Waals surface area contributed by atoms with Crippen LogP contribution in [0.15, 0.2) is 4.52 Å². The summed E-state index contributed by atoms with van der Waals surface area (Å²) < 4.78 is 30.8. The first kappa shape index (κ1) is 14.9. The normalized spacial score (nSPS) is 23.8. The Morgan fingerprint density at radius 2 is 2.19 bits per heavy atom. The number of aromatic nitrogens is 2. The summed E-state index contributed by atoms with van der Waals surface area (Å²) in [5.41, 5.74) is 0. The maximum absolute atomic E-state index is 11.4. The van der Waals surface area contributed by atoms with Gasteiger partial charge < -0.3 is 4.52 Å². The van der Waals surface area contributed by atoms with Crippen LogP contribution in [0.25, 0.3) is 0 Å². The van der Waals surface area contributed by atoms with Crippen LogP contribution in [0.4, 0.5) is 0 Å². The summed E-state index contributed by atoms with van der Waals surface area (Å²) in [5, 5.41) is 4.12. The van der Waals surface area contributed by atoms with Crippen LogP contribution in [0.3, 0.4) is 0 Å². The summed E-state index contributed by atoms with van der Waals surface area (Å²) in [6, 6.07) is 0.160. The van der Waals surface area contributed by atoms with Crippen LogP contribution in [-0.4, -0.2) is 48.8 Å². The first-order chi connectivity index (χ1) is 10.1. The number of sulfonamides is 1. The first-order valence-electron chi connectivity index (χ1n) is 7.64. The van der Waals surface area contributed by atoms with Crippen molar-refractivity contribution >= 4 is 10.0 Å². The molecule has 0 radical (unpaired) electrons. The lowest BCUT2D eigenvalue weighted by atomic mass is 10.2. The molecular formula is C13H22N4O3S. The highest BCUT2D eigenvalue weighted by Crippen LogP contribution is 2.40. The van der Waals surface area contributed by atoms with E-state index in [-0.39, 0.29) is 11.8 Å². The van der Waals surface area contributed by atoms with E-state index < -0.39 is 10.0 Å². The fourth-order valence-electron chi connectivity index (χ4n) is 2.71. The minimum absolute atomic E-state index is 0.117. The van der Waals surface area contributed by atoms with E-state index in [0.29, 0.717) is 19.0 Å². The van der Waals surface area contributed by atoms with E-state index in [9.17, 15) is 8.42 Å².